The van der Waals surface area contributed by atoms with E-state index in [1.807, 2.05) is 6.92 Å². The van der Waals surface area contributed by atoms with Gasteiger partial charge < -0.3 is 21.0 Å². The van der Waals surface area contributed by atoms with Crippen LogP contribution in [-0.2, 0) is 4.74 Å². The largest absolute Gasteiger partial charge is 0.409 e. The molecule has 0 aromatic carbocycles. The van der Waals surface area contributed by atoms with Crippen LogP contribution in [0.5, 0.6) is 0 Å². The molecule has 3 unspecified atom stereocenters. The number of nitrogens with two attached hydrogens (primary N) is 1. The molecule has 0 heterocycles. The van der Waals surface area contributed by atoms with E-state index in [0.717, 1.165) is 12.8 Å². The number of hydrogen-bond donors (Lipinski definition) is 3. The number of amidine groups is 1. The summed E-state index contributed by atoms with van der Waals surface area (Å²) in [5.74, 6) is 0.266. The van der Waals surface area contributed by atoms with Gasteiger partial charge in [0, 0.05) is 25.6 Å². The topological polar surface area (TPSA) is 79.9 Å². The lowest BCUT2D eigenvalue weighted by Gasteiger charge is -2.23. The summed E-state index contributed by atoms with van der Waals surface area (Å²) in [5.41, 5.74) is 5.44. The summed E-state index contributed by atoms with van der Waals surface area (Å²) in [4.78, 5) is 0. The quantitative estimate of drug-likeness (QED) is 0.272. The average molecular weight is 215 g/mol. The maximum atomic E-state index is 8.45. The lowest BCUT2D eigenvalue weighted by atomic mass is 10.1. The molecule has 1 aliphatic carbocycles. The van der Waals surface area contributed by atoms with Crippen LogP contribution in [0.1, 0.15) is 32.6 Å². The first-order chi connectivity index (χ1) is 7.17. The summed E-state index contributed by atoms with van der Waals surface area (Å²) in [7, 11) is 1.75. The van der Waals surface area contributed by atoms with Crippen LogP contribution in [0.4, 0.5) is 0 Å². The lowest BCUT2D eigenvalue weighted by Crippen LogP contribution is -2.43. The maximum Gasteiger partial charge on any atom is 0.140 e. The standard InChI is InChI=1S/C10H21N3O2/c1-7(6-10(11)13-14)12-8-4-3-5-9(8)15-2/h7-9,12,14H,3-6H2,1-2H3,(H2,11,13). The minimum Gasteiger partial charge on any atom is -0.409 e. The second-order valence-electron chi connectivity index (χ2n) is 4.17. The van der Waals surface area contributed by atoms with Gasteiger partial charge >= 0.3 is 0 Å². The van der Waals surface area contributed by atoms with Gasteiger partial charge in [0.2, 0.25) is 0 Å². The molecule has 4 N–H and O–H groups in total. The average Bonchev–Trinajstić information content (AvgIpc) is 2.64. The monoisotopic (exact) mass is 215 g/mol. The number of rotatable bonds is 5. The Kier molecular flexibility index (Phi) is 4.84. The van der Waals surface area contributed by atoms with Crippen molar-refractivity contribution < 1.29 is 9.94 Å². The van der Waals surface area contributed by atoms with Crippen molar-refractivity contribution in [2.24, 2.45) is 10.9 Å². The summed E-state index contributed by atoms with van der Waals surface area (Å²) in [6.07, 6.45) is 4.32. The molecule has 3 atom stereocenters. The molecule has 1 saturated carbocycles. The first-order valence-electron chi connectivity index (χ1n) is 5.42. The summed E-state index contributed by atoms with van der Waals surface area (Å²) >= 11 is 0. The smallest absolute Gasteiger partial charge is 0.140 e. The maximum absolute atomic E-state index is 8.45. The van der Waals surface area contributed by atoms with E-state index in [1.54, 1.807) is 7.11 Å². The van der Waals surface area contributed by atoms with Crippen LogP contribution in [0.2, 0.25) is 0 Å². The zero-order valence-electron chi connectivity index (χ0n) is 9.44. The molecule has 0 aliphatic heterocycles. The Morgan fingerprint density at radius 2 is 2.40 bits per heavy atom. The molecule has 0 aromatic rings. The summed E-state index contributed by atoms with van der Waals surface area (Å²) in [5, 5.41) is 14.9. The molecule has 0 radical (unpaired) electrons. The highest BCUT2D eigenvalue weighted by Gasteiger charge is 2.27. The fourth-order valence-corrected chi connectivity index (χ4v) is 2.18. The molecule has 5 heteroatoms. The van der Waals surface area contributed by atoms with E-state index >= 15 is 0 Å². The van der Waals surface area contributed by atoms with Crippen molar-refractivity contribution in [2.75, 3.05) is 7.11 Å². The Balaban J connectivity index is 2.33. The minimum atomic E-state index is 0.210. The van der Waals surface area contributed by atoms with Crippen molar-refractivity contribution in [2.45, 2.75) is 50.8 Å². The highest BCUT2D eigenvalue weighted by molar-refractivity contribution is 5.80. The summed E-state index contributed by atoms with van der Waals surface area (Å²) < 4.78 is 5.38. The van der Waals surface area contributed by atoms with E-state index in [4.69, 9.17) is 15.7 Å². The Morgan fingerprint density at radius 1 is 1.67 bits per heavy atom. The molecule has 88 valence electrons. The van der Waals surface area contributed by atoms with Gasteiger partial charge in [0.25, 0.3) is 0 Å². The van der Waals surface area contributed by atoms with Crippen molar-refractivity contribution in [3.63, 3.8) is 0 Å². The van der Waals surface area contributed by atoms with Crippen molar-refractivity contribution in [3.8, 4) is 0 Å². The van der Waals surface area contributed by atoms with Crippen molar-refractivity contribution in [1.29, 1.82) is 0 Å². The zero-order valence-corrected chi connectivity index (χ0v) is 9.44. The van der Waals surface area contributed by atoms with Gasteiger partial charge in [0.15, 0.2) is 0 Å². The normalized spacial score (nSPS) is 29.3. The van der Waals surface area contributed by atoms with E-state index in [2.05, 4.69) is 10.5 Å². The van der Waals surface area contributed by atoms with Gasteiger partial charge in [-0.15, -0.1) is 0 Å². The third kappa shape index (κ3) is 3.68. The van der Waals surface area contributed by atoms with E-state index in [0.29, 0.717) is 18.6 Å². The van der Waals surface area contributed by atoms with Crippen LogP contribution in [0.25, 0.3) is 0 Å². The first kappa shape index (κ1) is 12.3. The predicted octanol–water partition coefficient (Wildman–Crippen LogP) is 0.669. The van der Waals surface area contributed by atoms with E-state index in [-0.39, 0.29) is 11.9 Å². The molecule has 15 heavy (non-hydrogen) atoms. The molecule has 1 aliphatic rings. The van der Waals surface area contributed by atoms with Crippen LogP contribution in [0.3, 0.4) is 0 Å². The molecule has 0 aromatic heterocycles. The second kappa shape index (κ2) is 5.92. The fraction of sp³-hybridized carbons (Fsp3) is 0.900. The molecule has 0 bridgehead atoms. The molecule has 0 amide bonds. The number of ether oxygens (including phenoxy) is 1. The first-order valence-corrected chi connectivity index (χ1v) is 5.42. The van der Waals surface area contributed by atoms with Gasteiger partial charge in [-0.3, -0.25) is 0 Å². The molecular formula is C10H21N3O2. The van der Waals surface area contributed by atoms with Crippen LogP contribution >= 0.6 is 0 Å². The van der Waals surface area contributed by atoms with E-state index in [9.17, 15) is 0 Å². The number of nitrogens with one attached hydrogen (secondary N) is 1. The molecule has 0 spiro atoms. The molecule has 5 nitrogen and oxygen atoms in total. The van der Waals surface area contributed by atoms with Gasteiger partial charge in [0.1, 0.15) is 5.84 Å². The Hall–Kier alpha value is -0.810. The molecule has 1 fully saturated rings. The molecular weight excluding hydrogens is 194 g/mol. The highest BCUT2D eigenvalue weighted by atomic mass is 16.5. The van der Waals surface area contributed by atoms with Crippen LogP contribution < -0.4 is 11.1 Å². The SMILES string of the molecule is COC1CCCC1NC(C)CC(N)=NO. The number of oxime groups is 1. The number of nitrogens with zero attached hydrogens (tertiary/aromatic N) is 1. The third-order valence-corrected chi connectivity index (χ3v) is 2.90. The molecule has 1 rings (SSSR count). The summed E-state index contributed by atoms with van der Waals surface area (Å²) in [6, 6.07) is 0.609. The Morgan fingerprint density at radius 3 is 3.00 bits per heavy atom. The van der Waals surface area contributed by atoms with Crippen LogP contribution in [0, 0.1) is 0 Å². The van der Waals surface area contributed by atoms with Gasteiger partial charge in [-0.25, -0.2) is 0 Å². The predicted molar refractivity (Wildman–Crippen MR) is 59.1 cm³/mol. The van der Waals surface area contributed by atoms with Crippen molar-refractivity contribution >= 4 is 5.84 Å². The van der Waals surface area contributed by atoms with Gasteiger partial charge in [0.05, 0.1) is 6.10 Å². The van der Waals surface area contributed by atoms with Gasteiger partial charge in [-0.2, -0.15) is 0 Å². The summed E-state index contributed by atoms with van der Waals surface area (Å²) in [6.45, 7) is 2.03. The molecule has 0 saturated heterocycles. The number of hydrogen-bond acceptors (Lipinski definition) is 4. The van der Waals surface area contributed by atoms with Gasteiger partial charge in [-0.1, -0.05) is 5.16 Å². The number of methoxy groups -OCH3 is 1. The Bertz CT molecular complexity index is 221. The Labute approximate surface area is 90.7 Å². The van der Waals surface area contributed by atoms with E-state index < -0.39 is 0 Å². The fourth-order valence-electron chi connectivity index (χ4n) is 2.18. The lowest BCUT2D eigenvalue weighted by molar-refractivity contribution is 0.0822. The minimum absolute atomic E-state index is 0.210. The third-order valence-electron chi connectivity index (χ3n) is 2.90. The van der Waals surface area contributed by atoms with Crippen molar-refractivity contribution in [3.05, 3.63) is 0 Å². The highest BCUT2D eigenvalue weighted by Crippen LogP contribution is 2.22. The van der Waals surface area contributed by atoms with Crippen LogP contribution in [0.15, 0.2) is 5.16 Å². The van der Waals surface area contributed by atoms with Crippen molar-refractivity contribution in [1.82, 2.24) is 5.32 Å². The zero-order chi connectivity index (χ0) is 11.3. The second-order valence-corrected chi connectivity index (χ2v) is 4.17. The van der Waals surface area contributed by atoms with Gasteiger partial charge in [-0.05, 0) is 26.2 Å². The van der Waals surface area contributed by atoms with Crippen LogP contribution in [-0.4, -0.2) is 36.3 Å². The van der Waals surface area contributed by atoms with E-state index in [1.165, 1.54) is 6.42 Å².